The lowest BCUT2D eigenvalue weighted by Gasteiger charge is -2.33. The fourth-order valence-corrected chi connectivity index (χ4v) is 5.55. The number of aryl methyl sites for hydroxylation is 1. The number of thiocarbonyl (C=S) groups is 1. The molecule has 1 aromatic rings. The average Bonchev–Trinajstić information content (AvgIpc) is 3.17. The summed E-state index contributed by atoms with van der Waals surface area (Å²) >= 11 is 11.8. The van der Waals surface area contributed by atoms with E-state index in [9.17, 15) is 8.42 Å². The molecule has 2 heterocycles. The first-order valence-electron chi connectivity index (χ1n) is 8.50. The zero-order valence-electron chi connectivity index (χ0n) is 14.2. The van der Waals surface area contributed by atoms with Crippen LogP contribution in [-0.4, -0.2) is 55.2 Å². The molecular weight excluding hydrogens is 380 g/mol. The van der Waals surface area contributed by atoms with E-state index in [4.69, 9.17) is 28.6 Å². The molecule has 2 fully saturated rings. The van der Waals surface area contributed by atoms with Gasteiger partial charge in [0.25, 0.3) is 0 Å². The molecule has 0 saturated carbocycles. The molecule has 2 aliphatic rings. The lowest BCUT2D eigenvalue weighted by atomic mass is 10.1. The number of ether oxygens (including phenoxy) is 1. The molecule has 25 heavy (non-hydrogen) atoms. The minimum absolute atomic E-state index is 0.102. The highest BCUT2D eigenvalue weighted by molar-refractivity contribution is 7.91. The van der Waals surface area contributed by atoms with Gasteiger partial charge in [-0.15, -0.1) is 0 Å². The third-order valence-electron chi connectivity index (χ3n) is 4.76. The van der Waals surface area contributed by atoms with Crippen LogP contribution in [0.2, 0.25) is 5.02 Å². The van der Waals surface area contributed by atoms with Gasteiger partial charge >= 0.3 is 0 Å². The Bertz CT molecular complexity index is 748. The molecule has 1 N–H and O–H groups in total. The Balaban J connectivity index is 1.74. The van der Waals surface area contributed by atoms with Gasteiger partial charge in [-0.1, -0.05) is 17.7 Å². The van der Waals surface area contributed by atoms with Crippen LogP contribution >= 0.6 is 23.8 Å². The fourth-order valence-electron chi connectivity index (χ4n) is 3.29. The smallest absolute Gasteiger partial charge is 0.173 e. The molecule has 3 rings (SSSR count). The van der Waals surface area contributed by atoms with Gasteiger partial charge in [0.15, 0.2) is 14.9 Å². The molecule has 0 aliphatic carbocycles. The Morgan fingerprint density at radius 2 is 2.24 bits per heavy atom. The van der Waals surface area contributed by atoms with Gasteiger partial charge in [-0.05, 0) is 56.1 Å². The highest BCUT2D eigenvalue weighted by Crippen LogP contribution is 2.24. The predicted molar refractivity (Wildman–Crippen MR) is 105 cm³/mol. The van der Waals surface area contributed by atoms with Crippen molar-refractivity contribution in [1.29, 1.82) is 0 Å². The molecule has 2 aliphatic heterocycles. The number of nitrogens with one attached hydrogen (secondary N) is 1. The number of rotatable bonds is 4. The minimum Gasteiger partial charge on any atom is -0.376 e. The van der Waals surface area contributed by atoms with E-state index in [1.807, 2.05) is 30.0 Å². The van der Waals surface area contributed by atoms with Crippen LogP contribution in [0.5, 0.6) is 0 Å². The largest absolute Gasteiger partial charge is 0.376 e. The number of sulfone groups is 1. The zero-order valence-corrected chi connectivity index (χ0v) is 16.6. The highest BCUT2D eigenvalue weighted by Gasteiger charge is 2.35. The summed E-state index contributed by atoms with van der Waals surface area (Å²) in [4.78, 5) is 1.99. The third kappa shape index (κ3) is 4.84. The van der Waals surface area contributed by atoms with Crippen LogP contribution in [0.25, 0.3) is 0 Å². The van der Waals surface area contributed by atoms with Gasteiger partial charge in [-0.3, -0.25) is 0 Å². The molecule has 0 unspecified atom stereocenters. The lowest BCUT2D eigenvalue weighted by Crippen LogP contribution is -2.47. The Labute approximate surface area is 159 Å². The summed E-state index contributed by atoms with van der Waals surface area (Å²) in [6, 6.07) is 5.58. The van der Waals surface area contributed by atoms with Gasteiger partial charge in [-0.2, -0.15) is 0 Å². The minimum atomic E-state index is -2.98. The molecule has 138 valence electrons. The number of benzene rings is 1. The van der Waals surface area contributed by atoms with E-state index >= 15 is 0 Å². The Morgan fingerprint density at radius 3 is 2.84 bits per heavy atom. The first-order chi connectivity index (χ1) is 11.8. The SMILES string of the molecule is Cc1ccc(NC(=S)N(C[C@@H]2CCCO2)[C@H]2CCS(=O)(=O)C2)cc1Cl. The Hall–Kier alpha value is -0.890. The van der Waals surface area contributed by atoms with Crippen LogP contribution < -0.4 is 5.32 Å². The van der Waals surface area contributed by atoms with Gasteiger partial charge < -0.3 is 15.0 Å². The summed E-state index contributed by atoms with van der Waals surface area (Å²) in [5.41, 5.74) is 1.80. The van der Waals surface area contributed by atoms with Gasteiger partial charge in [0.1, 0.15) is 0 Å². The first-order valence-corrected chi connectivity index (χ1v) is 11.1. The van der Waals surface area contributed by atoms with Crippen molar-refractivity contribution in [2.75, 3.05) is 30.0 Å². The highest BCUT2D eigenvalue weighted by atomic mass is 35.5. The van der Waals surface area contributed by atoms with E-state index < -0.39 is 9.84 Å². The summed E-state index contributed by atoms with van der Waals surface area (Å²) in [6.45, 7) is 3.32. The van der Waals surface area contributed by atoms with Crippen LogP contribution in [0.3, 0.4) is 0 Å². The van der Waals surface area contributed by atoms with E-state index in [1.165, 1.54) is 0 Å². The van der Waals surface area contributed by atoms with Crippen LogP contribution in [-0.2, 0) is 14.6 Å². The van der Waals surface area contributed by atoms with Crippen LogP contribution in [0, 0.1) is 6.92 Å². The quantitative estimate of drug-likeness (QED) is 0.781. The maximum absolute atomic E-state index is 11.9. The van der Waals surface area contributed by atoms with Crippen molar-refractivity contribution in [3.8, 4) is 0 Å². The number of anilines is 1. The maximum atomic E-state index is 11.9. The number of hydrogen-bond donors (Lipinski definition) is 1. The molecule has 8 heteroatoms. The topological polar surface area (TPSA) is 58.6 Å². The Kier molecular flexibility index (Phi) is 5.88. The molecule has 0 radical (unpaired) electrons. The molecule has 0 bridgehead atoms. The van der Waals surface area contributed by atoms with E-state index in [2.05, 4.69) is 5.32 Å². The summed E-state index contributed by atoms with van der Waals surface area (Å²) in [5.74, 6) is 0.370. The van der Waals surface area contributed by atoms with Crippen molar-refractivity contribution in [2.24, 2.45) is 0 Å². The van der Waals surface area contributed by atoms with Gasteiger partial charge in [0.2, 0.25) is 0 Å². The van der Waals surface area contributed by atoms with E-state index in [1.54, 1.807) is 0 Å². The summed E-state index contributed by atoms with van der Waals surface area (Å²) < 4.78 is 29.5. The van der Waals surface area contributed by atoms with Crippen molar-refractivity contribution >= 4 is 44.5 Å². The van der Waals surface area contributed by atoms with Gasteiger partial charge in [-0.25, -0.2) is 8.42 Å². The average molecular weight is 403 g/mol. The maximum Gasteiger partial charge on any atom is 0.173 e. The molecule has 2 saturated heterocycles. The molecule has 1 aromatic carbocycles. The molecule has 0 spiro atoms. The predicted octanol–water partition coefficient (Wildman–Crippen LogP) is 3.01. The Morgan fingerprint density at radius 1 is 1.44 bits per heavy atom. The first kappa shape index (κ1) is 18.9. The van der Waals surface area contributed by atoms with Crippen molar-refractivity contribution in [3.05, 3.63) is 28.8 Å². The third-order valence-corrected chi connectivity index (χ3v) is 7.25. The van der Waals surface area contributed by atoms with Crippen molar-refractivity contribution in [2.45, 2.75) is 38.3 Å². The molecule has 5 nitrogen and oxygen atoms in total. The fraction of sp³-hybridized carbons (Fsp3) is 0.588. The van der Waals surface area contributed by atoms with Crippen LogP contribution in [0.15, 0.2) is 18.2 Å². The van der Waals surface area contributed by atoms with Gasteiger partial charge in [0, 0.05) is 29.9 Å². The number of halogens is 1. The number of nitrogens with zero attached hydrogens (tertiary/aromatic N) is 1. The second-order valence-electron chi connectivity index (χ2n) is 6.74. The normalized spacial score (nSPS) is 25.0. The second-order valence-corrected chi connectivity index (χ2v) is 9.76. The number of hydrogen-bond acceptors (Lipinski definition) is 4. The summed E-state index contributed by atoms with van der Waals surface area (Å²) in [6.07, 6.45) is 2.72. The molecule has 0 amide bonds. The molecule has 0 aromatic heterocycles. The van der Waals surface area contributed by atoms with Crippen molar-refractivity contribution in [3.63, 3.8) is 0 Å². The van der Waals surface area contributed by atoms with Crippen LogP contribution in [0.4, 0.5) is 5.69 Å². The zero-order chi connectivity index (χ0) is 18.0. The monoisotopic (exact) mass is 402 g/mol. The van der Waals surface area contributed by atoms with E-state index in [-0.39, 0.29) is 23.7 Å². The second kappa shape index (κ2) is 7.78. The standard InChI is InChI=1S/C17H23ClN2O3S2/c1-12-4-5-13(9-16(12)18)19-17(24)20(10-15-3-2-7-23-15)14-6-8-25(21,22)11-14/h4-5,9,14-15H,2-3,6-8,10-11H2,1H3,(H,19,24)/t14-,15-/m0/s1. The van der Waals surface area contributed by atoms with Gasteiger partial charge in [0.05, 0.1) is 17.6 Å². The summed E-state index contributed by atoms with van der Waals surface area (Å²) in [7, 11) is -2.98. The lowest BCUT2D eigenvalue weighted by molar-refractivity contribution is 0.0851. The van der Waals surface area contributed by atoms with E-state index in [0.717, 1.165) is 30.7 Å². The summed E-state index contributed by atoms with van der Waals surface area (Å²) in [5, 5.41) is 4.40. The molecular formula is C17H23ClN2O3S2. The van der Waals surface area contributed by atoms with E-state index in [0.29, 0.717) is 23.1 Å². The molecule has 2 atom stereocenters. The van der Waals surface area contributed by atoms with Crippen LogP contribution in [0.1, 0.15) is 24.8 Å². The van der Waals surface area contributed by atoms with Crippen molar-refractivity contribution < 1.29 is 13.2 Å². The van der Waals surface area contributed by atoms with Crippen molar-refractivity contribution in [1.82, 2.24) is 4.90 Å².